The van der Waals surface area contributed by atoms with Gasteiger partial charge < -0.3 is 0 Å². The Hall–Kier alpha value is -0.760. The van der Waals surface area contributed by atoms with E-state index in [2.05, 4.69) is 0 Å². The summed E-state index contributed by atoms with van der Waals surface area (Å²) < 4.78 is 14.0. The van der Waals surface area contributed by atoms with E-state index >= 15 is 0 Å². The number of aryl methyl sites for hydroxylation is 1. The Labute approximate surface area is 114 Å². The first kappa shape index (κ1) is 12.7. The Morgan fingerprint density at radius 2 is 1.53 bits per heavy atom. The Balaban J connectivity index is 2.69. The molecule has 0 heterocycles. The van der Waals surface area contributed by atoms with Crippen LogP contribution in [-0.2, 0) is 0 Å². The molecule has 0 saturated heterocycles. The molecule has 0 fully saturated rings. The predicted molar refractivity (Wildman–Crippen MR) is 71.6 cm³/mol. The van der Waals surface area contributed by atoms with Crippen LogP contribution < -0.4 is 0 Å². The van der Waals surface area contributed by atoms with Crippen LogP contribution in [0.2, 0.25) is 15.1 Å². The molecule has 0 radical (unpaired) electrons. The zero-order valence-corrected chi connectivity index (χ0v) is 11.2. The maximum Gasteiger partial charge on any atom is 0.133 e. The fourth-order valence-electron chi connectivity index (χ4n) is 1.58. The lowest BCUT2D eigenvalue weighted by Crippen LogP contribution is -1.89. The van der Waals surface area contributed by atoms with Gasteiger partial charge in [0.2, 0.25) is 0 Å². The van der Waals surface area contributed by atoms with Crippen LogP contribution >= 0.6 is 34.8 Å². The van der Waals surface area contributed by atoms with Crippen LogP contribution in [0, 0.1) is 12.7 Å². The molecule has 0 amide bonds. The van der Waals surface area contributed by atoms with Gasteiger partial charge in [0.25, 0.3) is 0 Å². The lowest BCUT2D eigenvalue weighted by molar-refractivity contribution is 0.622. The summed E-state index contributed by atoms with van der Waals surface area (Å²) >= 11 is 17.8. The fraction of sp³-hybridized carbons (Fsp3) is 0.0769. The molecule has 0 aliphatic carbocycles. The normalized spacial score (nSPS) is 10.6. The van der Waals surface area contributed by atoms with Crippen molar-refractivity contribution in [3.63, 3.8) is 0 Å². The summed E-state index contributed by atoms with van der Waals surface area (Å²) in [5.74, 6) is -0.298. The number of hydrogen-bond donors (Lipinski definition) is 0. The second-order valence-electron chi connectivity index (χ2n) is 3.68. The van der Waals surface area contributed by atoms with E-state index < -0.39 is 0 Å². The van der Waals surface area contributed by atoms with Gasteiger partial charge in [-0.2, -0.15) is 0 Å². The van der Waals surface area contributed by atoms with Crippen molar-refractivity contribution in [2.75, 3.05) is 0 Å². The highest BCUT2D eigenvalue weighted by atomic mass is 35.5. The van der Waals surface area contributed by atoms with Crippen LogP contribution in [0.25, 0.3) is 11.1 Å². The zero-order valence-electron chi connectivity index (χ0n) is 8.90. The minimum absolute atomic E-state index is 0.298. The Kier molecular flexibility index (Phi) is 3.62. The summed E-state index contributed by atoms with van der Waals surface area (Å²) in [7, 11) is 0. The van der Waals surface area contributed by atoms with Gasteiger partial charge in [0.05, 0.1) is 15.1 Å². The molecule has 0 spiro atoms. The lowest BCUT2D eigenvalue weighted by atomic mass is 10.0. The van der Waals surface area contributed by atoms with Gasteiger partial charge in [0.15, 0.2) is 0 Å². The molecule has 0 unspecified atom stereocenters. The fourth-order valence-corrected chi connectivity index (χ4v) is 2.23. The van der Waals surface area contributed by atoms with Crippen molar-refractivity contribution in [1.82, 2.24) is 0 Å². The standard InChI is InChI=1S/C13H8Cl3F/c1-7-3-2-4-8(13(7)17)9-5-11(15)12(16)6-10(9)14/h2-6H,1H3. The smallest absolute Gasteiger partial charge is 0.133 e. The highest BCUT2D eigenvalue weighted by molar-refractivity contribution is 6.44. The predicted octanol–water partition coefficient (Wildman–Crippen LogP) is 5.76. The minimum atomic E-state index is -0.298. The van der Waals surface area contributed by atoms with Crippen molar-refractivity contribution in [1.29, 1.82) is 0 Å². The molecule has 0 bridgehead atoms. The molecule has 17 heavy (non-hydrogen) atoms. The highest BCUT2D eigenvalue weighted by Crippen LogP contribution is 2.36. The van der Waals surface area contributed by atoms with Crippen LogP contribution in [0.5, 0.6) is 0 Å². The van der Waals surface area contributed by atoms with Crippen molar-refractivity contribution >= 4 is 34.8 Å². The minimum Gasteiger partial charge on any atom is -0.206 e. The van der Waals surface area contributed by atoms with Gasteiger partial charge in [-0.1, -0.05) is 53.0 Å². The van der Waals surface area contributed by atoms with Crippen molar-refractivity contribution in [2.45, 2.75) is 6.92 Å². The molecule has 0 aliphatic heterocycles. The first-order valence-corrected chi connectivity index (χ1v) is 6.04. The summed E-state index contributed by atoms with van der Waals surface area (Å²) in [6.07, 6.45) is 0. The molecule has 0 saturated carbocycles. The third kappa shape index (κ3) is 2.42. The van der Waals surface area contributed by atoms with E-state index in [0.29, 0.717) is 31.8 Å². The molecule has 0 atom stereocenters. The summed E-state index contributed by atoms with van der Waals surface area (Å²) in [4.78, 5) is 0. The van der Waals surface area contributed by atoms with Crippen LogP contribution in [-0.4, -0.2) is 0 Å². The van der Waals surface area contributed by atoms with Gasteiger partial charge in [-0.05, 0) is 24.6 Å². The molecule has 0 N–H and O–H groups in total. The summed E-state index contributed by atoms with van der Waals surface area (Å²) in [6.45, 7) is 1.70. The summed E-state index contributed by atoms with van der Waals surface area (Å²) in [5.41, 5.74) is 1.53. The van der Waals surface area contributed by atoms with Crippen LogP contribution in [0.3, 0.4) is 0 Å². The molecule has 2 aromatic carbocycles. The van der Waals surface area contributed by atoms with Crippen LogP contribution in [0.15, 0.2) is 30.3 Å². The maximum absolute atomic E-state index is 14.0. The Bertz CT molecular complexity index is 579. The Morgan fingerprint density at radius 3 is 2.24 bits per heavy atom. The number of hydrogen-bond acceptors (Lipinski definition) is 0. The molecular weight excluding hydrogens is 281 g/mol. The number of rotatable bonds is 1. The molecule has 2 rings (SSSR count). The SMILES string of the molecule is Cc1cccc(-c2cc(Cl)c(Cl)cc2Cl)c1F. The third-order valence-electron chi connectivity index (χ3n) is 2.49. The van der Waals surface area contributed by atoms with Crippen molar-refractivity contribution in [3.05, 3.63) is 56.8 Å². The maximum atomic E-state index is 14.0. The number of benzene rings is 2. The quantitative estimate of drug-likeness (QED) is 0.585. The van der Waals surface area contributed by atoms with Crippen molar-refractivity contribution in [2.24, 2.45) is 0 Å². The lowest BCUT2D eigenvalue weighted by Gasteiger charge is -2.09. The molecule has 2 aromatic rings. The van der Waals surface area contributed by atoms with Gasteiger partial charge in [0.1, 0.15) is 5.82 Å². The largest absolute Gasteiger partial charge is 0.206 e. The van der Waals surface area contributed by atoms with Gasteiger partial charge in [0, 0.05) is 11.1 Å². The first-order valence-electron chi connectivity index (χ1n) is 4.90. The van der Waals surface area contributed by atoms with E-state index in [1.807, 2.05) is 0 Å². The van der Waals surface area contributed by atoms with E-state index in [1.54, 1.807) is 31.2 Å². The zero-order chi connectivity index (χ0) is 12.6. The monoisotopic (exact) mass is 288 g/mol. The van der Waals surface area contributed by atoms with Crippen molar-refractivity contribution < 1.29 is 4.39 Å². The third-order valence-corrected chi connectivity index (χ3v) is 3.53. The van der Waals surface area contributed by atoms with E-state index in [4.69, 9.17) is 34.8 Å². The second kappa shape index (κ2) is 4.85. The highest BCUT2D eigenvalue weighted by Gasteiger charge is 2.12. The molecule has 0 aromatic heterocycles. The average Bonchev–Trinajstić information content (AvgIpc) is 2.28. The van der Waals surface area contributed by atoms with Crippen LogP contribution in [0.1, 0.15) is 5.56 Å². The van der Waals surface area contributed by atoms with E-state index in [1.165, 1.54) is 6.07 Å². The van der Waals surface area contributed by atoms with E-state index in [-0.39, 0.29) is 5.82 Å². The Morgan fingerprint density at radius 1 is 0.882 bits per heavy atom. The molecule has 4 heteroatoms. The molecule has 0 nitrogen and oxygen atoms in total. The summed E-state index contributed by atoms with van der Waals surface area (Å²) in [5, 5.41) is 1.09. The van der Waals surface area contributed by atoms with Crippen LogP contribution in [0.4, 0.5) is 4.39 Å². The van der Waals surface area contributed by atoms with E-state index in [0.717, 1.165) is 0 Å². The second-order valence-corrected chi connectivity index (χ2v) is 4.90. The van der Waals surface area contributed by atoms with E-state index in [9.17, 15) is 4.39 Å². The van der Waals surface area contributed by atoms with Gasteiger partial charge in [-0.15, -0.1) is 0 Å². The number of halogens is 4. The van der Waals surface area contributed by atoms with Crippen molar-refractivity contribution in [3.8, 4) is 11.1 Å². The van der Waals surface area contributed by atoms with Gasteiger partial charge >= 0.3 is 0 Å². The first-order chi connectivity index (χ1) is 8.00. The van der Waals surface area contributed by atoms with Gasteiger partial charge in [-0.3, -0.25) is 0 Å². The average molecular weight is 290 g/mol. The topological polar surface area (TPSA) is 0 Å². The van der Waals surface area contributed by atoms with Gasteiger partial charge in [-0.25, -0.2) is 4.39 Å². The summed E-state index contributed by atoms with van der Waals surface area (Å²) in [6, 6.07) is 8.22. The molecule has 0 aliphatic rings. The molecule has 88 valence electrons. The molecular formula is C13H8Cl3F.